The Kier molecular flexibility index (Phi) is 7.09. The number of carbonyl (C=O) groups excluding carboxylic acids is 1. The maximum atomic E-state index is 11.7. The highest BCUT2D eigenvalue weighted by Crippen LogP contribution is 2.16. The molecule has 1 atom stereocenters. The van der Waals surface area contributed by atoms with Crippen LogP contribution in [0.2, 0.25) is 0 Å². The molecule has 0 saturated heterocycles. The van der Waals surface area contributed by atoms with Gasteiger partial charge in [-0.15, -0.1) is 0 Å². The molecule has 4 heteroatoms. The number of nitrogens with one attached hydrogen (secondary N) is 1. The fourth-order valence-electron chi connectivity index (χ4n) is 2.09. The summed E-state index contributed by atoms with van der Waals surface area (Å²) in [7, 11) is 0. The second-order valence-electron chi connectivity index (χ2n) is 5.26. The molecular formula is C16H25NO3. The molecule has 1 aromatic rings. The molecule has 0 aliphatic heterocycles. The Morgan fingerprint density at radius 3 is 2.55 bits per heavy atom. The van der Waals surface area contributed by atoms with Crippen LogP contribution in [0.4, 0.5) is 0 Å². The van der Waals surface area contributed by atoms with E-state index in [1.807, 2.05) is 32.9 Å². The summed E-state index contributed by atoms with van der Waals surface area (Å²) in [5, 5.41) is 11.6. The van der Waals surface area contributed by atoms with E-state index >= 15 is 0 Å². The quantitative estimate of drug-likeness (QED) is 0.768. The smallest absolute Gasteiger partial charge is 0.223 e. The first kappa shape index (κ1) is 16.5. The topological polar surface area (TPSA) is 58.6 Å². The van der Waals surface area contributed by atoms with E-state index in [-0.39, 0.29) is 18.6 Å². The van der Waals surface area contributed by atoms with Crippen molar-refractivity contribution in [2.45, 2.75) is 46.1 Å². The van der Waals surface area contributed by atoms with Crippen LogP contribution in [0.3, 0.4) is 0 Å². The first-order chi connectivity index (χ1) is 9.51. The molecule has 0 saturated carbocycles. The van der Waals surface area contributed by atoms with Crippen molar-refractivity contribution in [3.05, 3.63) is 29.3 Å². The lowest BCUT2D eigenvalue weighted by molar-refractivity contribution is -0.122. The van der Waals surface area contributed by atoms with Gasteiger partial charge in [0, 0.05) is 12.6 Å². The lowest BCUT2D eigenvalue weighted by Gasteiger charge is -2.13. The monoisotopic (exact) mass is 279 g/mol. The van der Waals surface area contributed by atoms with Gasteiger partial charge in [-0.05, 0) is 56.9 Å². The molecule has 1 rings (SSSR count). The average molecular weight is 279 g/mol. The normalized spacial score (nSPS) is 12.0. The van der Waals surface area contributed by atoms with Crippen molar-refractivity contribution < 1.29 is 14.6 Å². The third-order valence-corrected chi connectivity index (χ3v) is 3.00. The summed E-state index contributed by atoms with van der Waals surface area (Å²) in [4.78, 5) is 11.7. The zero-order valence-corrected chi connectivity index (χ0v) is 12.6. The third-order valence-electron chi connectivity index (χ3n) is 3.00. The molecule has 0 bridgehead atoms. The number of aliphatic hydroxyl groups is 1. The van der Waals surface area contributed by atoms with Crippen molar-refractivity contribution in [3.8, 4) is 5.75 Å². The zero-order valence-electron chi connectivity index (χ0n) is 12.6. The Labute approximate surface area is 121 Å². The van der Waals surface area contributed by atoms with Crippen molar-refractivity contribution in [2.24, 2.45) is 0 Å². The second kappa shape index (κ2) is 8.59. The molecule has 1 amide bonds. The molecule has 2 N–H and O–H groups in total. The number of carbonyl (C=O) groups is 1. The van der Waals surface area contributed by atoms with Gasteiger partial charge in [0.1, 0.15) is 5.75 Å². The van der Waals surface area contributed by atoms with Crippen LogP contribution in [-0.4, -0.2) is 30.3 Å². The van der Waals surface area contributed by atoms with Crippen LogP contribution < -0.4 is 10.1 Å². The summed E-state index contributed by atoms with van der Waals surface area (Å²) in [6, 6.07) is 6.11. The second-order valence-corrected chi connectivity index (χ2v) is 5.26. The standard InChI is InChI=1S/C16H25NO3/c1-12-9-13(2)11-15(10-12)20-8-6-16(19)17-14(3)5-4-7-18/h9-11,14,18H,4-8H2,1-3H3,(H,17,19). The van der Waals surface area contributed by atoms with Crippen LogP contribution in [0.5, 0.6) is 5.75 Å². The Bertz CT molecular complexity index is 411. The van der Waals surface area contributed by atoms with Gasteiger partial charge in [0.15, 0.2) is 0 Å². The molecule has 0 radical (unpaired) electrons. The molecule has 0 aliphatic rings. The number of benzene rings is 1. The Hall–Kier alpha value is -1.55. The summed E-state index contributed by atoms with van der Waals surface area (Å²) < 4.78 is 5.60. The van der Waals surface area contributed by atoms with Crippen LogP contribution in [0.1, 0.15) is 37.3 Å². The van der Waals surface area contributed by atoms with E-state index in [2.05, 4.69) is 11.4 Å². The highest BCUT2D eigenvalue weighted by Gasteiger charge is 2.07. The van der Waals surface area contributed by atoms with Crippen LogP contribution in [0, 0.1) is 13.8 Å². The van der Waals surface area contributed by atoms with Crippen LogP contribution in [0.15, 0.2) is 18.2 Å². The molecular weight excluding hydrogens is 254 g/mol. The molecule has 0 aromatic heterocycles. The molecule has 0 aliphatic carbocycles. The minimum atomic E-state index is -0.0141. The molecule has 0 heterocycles. The largest absolute Gasteiger partial charge is 0.493 e. The van der Waals surface area contributed by atoms with E-state index in [0.29, 0.717) is 19.4 Å². The maximum Gasteiger partial charge on any atom is 0.223 e. The first-order valence-corrected chi connectivity index (χ1v) is 7.12. The summed E-state index contributed by atoms with van der Waals surface area (Å²) in [5.41, 5.74) is 2.31. The number of ether oxygens (including phenoxy) is 1. The Balaban J connectivity index is 2.27. The number of hydrogen-bond acceptors (Lipinski definition) is 3. The summed E-state index contributed by atoms with van der Waals surface area (Å²) >= 11 is 0. The van der Waals surface area contributed by atoms with Crippen LogP contribution in [-0.2, 0) is 4.79 Å². The summed E-state index contributed by atoms with van der Waals surface area (Å²) in [6.07, 6.45) is 1.84. The Morgan fingerprint density at radius 1 is 1.30 bits per heavy atom. The van der Waals surface area contributed by atoms with E-state index in [1.165, 1.54) is 0 Å². The zero-order chi connectivity index (χ0) is 15.0. The van der Waals surface area contributed by atoms with E-state index in [1.54, 1.807) is 0 Å². The van der Waals surface area contributed by atoms with Crippen LogP contribution >= 0.6 is 0 Å². The SMILES string of the molecule is Cc1cc(C)cc(OCCC(=O)NC(C)CCCO)c1. The van der Waals surface area contributed by atoms with Gasteiger partial charge < -0.3 is 15.2 Å². The van der Waals surface area contributed by atoms with Gasteiger partial charge in [0.05, 0.1) is 13.0 Å². The third kappa shape index (κ3) is 6.57. The molecule has 20 heavy (non-hydrogen) atoms. The molecule has 0 spiro atoms. The van der Waals surface area contributed by atoms with E-state index < -0.39 is 0 Å². The number of aryl methyl sites for hydroxylation is 2. The van der Waals surface area contributed by atoms with Crippen molar-refractivity contribution >= 4 is 5.91 Å². The highest BCUT2D eigenvalue weighted by atomic mass is 16.5. The highest BCUT2D eigenvalue weighted by molar-refractivity contribution is 5.76. The minimum Gasteiger partial charge on any atom is -0.493 e. The number of rotatable bonds is 8. The Morgan fingerprint density at radius 2 is 1.95 bits per heavy atom. The number of aliphatic hydroxyl groups excluding tert-OH is 1. The van der Waals surface area contributed by atoms with Gasteiger partial charge in [-0.3, -0.25) is 4.79 Å². The molecule has 1 unspecified atom stereocenters. The lowest BCUT2D eigenvalue weighted by atomic mass is 10.1. The molecule has 4 nitrogen and oxygen atoms in total. The minimum absolute atomic E-state index is 0.0141. The summed E-state index contributed by atoms with van der Waals surface area (Å²) in [5.74, 6) is 0.795. The molecule has 0 fully saturated rings. The van der Waals surface area contributed by atoms with Gasteiger partial charge in [0.2, 0.25) is 5.91 Å². The predicted molar refractivity (Wildman–Crippen MR) is 80.0 cm³/mol. The predicted octanol–water partition coefficient (Wildman–Crippen LogP) is 2.35. The first-order valence-electron chi connectivity index (χ1n) is 7.12. The fraction of sp³-hybridized carbons (Fsp3) is 0.562. The fourth-order valence-corrected chi connectivity index (χ4v) is 2.09. The van der Waals surface area contributed by atoms with Gasteiger partial charge in [0.25, 0.3) is 0 Å². The van der Waals surface area contributed by atoms with Crippen molar-refractivity contribution in [3.63, 3.8) is 0 Å². The molecule has 1 aromatic carbocycles. The van der Waals surface area contributed by atoms with Crippen molar-refractivity contribution in [1.82, 2.24) is 5.32 Å². The van der Waals surface area contributed by atoms with Crippen LogP contribution in [0.25, 0.3) is 0 Å². The maximum absolute atomic E-state index is 11.7. The number of hydrogen-bond donors (Lipinski definition) is 2. The number of amides is 1. The van der Waals surface area contributed by atoms with Gasteiger partial charge in [-0.25, -0.2) is 0 Å². The average Bonchev–Trinajstić information content (AvgIpc) is 2.35. The van der Waals surface area contributed by atoms with E-state index in [0.717, 1.165) is 23.3 Å². The summed E-state index contributed by atoms with van der Waals surface area (Å²) in [6.45, 7) is 6.53. The van der Waals surface area contributed by atoms with Crippen molar-refractivity contribution in [2.75, 3.05) is 13.2 Å². The lowest BCUT2D eigenvalue weighted by Crippen LogP contribution is -2.33. The van der Waals surface area contributed by atoms with Gasteiger partial charge >= 0.3 is 0 Å². The van der Waals surface area contributed by atoms with Gasteiger partial charge in [-0.2, -0.15) is 0 Å². The van der Waals surface area contributed by atoms with E-state index in [4.69, 9.17) is 9.84 Å². The van der Waals surface area contributed by atoms with Gasteiger partial charge in [-0.1, -0.05) is 6.07 Å². The molecule has 112 valence electrons. The van der Waals surface area contributed by atoms with Crippen molar-refractivity contribution in [1.29, 1.82) is 0 Å². The van der Waals surface area contributed by atoms with E-state index in [9.17, 15) is 4.79 Å².